The number of methoxy groups -OCH3 is 1. The van der Waals surface area contributed by atoms with Crippen molar-refractivity contribution in [1.29, 1.82) is 0 Å². The van der Waals surface area contributed by atoms with Gasteiger partial charge < -0.3 is 9.64 Å². The largest absolute Gasteiger partial charge is 0.383 e. The lowest BCUT2D eigenvalue weighted by Gasteiger charge is -2.25. The van der Waals surface area contributed by atoms with Crippen molar-refractivity contribution in [3.63, 3.8) is 0 Å². The summed E-state index contributed by atoms with van der Waals surface area (Å²) in [7, 11) is 1.76. The molecule has 0 radical (unpaired) electrons. The van der Waals surface area contributed by atoms with Crippen LogP contribution in [-0.4, -0.2) is 26.3 Å². The lowest BCUT2D eigenvalue weighted by molar-refractivity contribution is 0.205. The Balaban J connectivity index is 2.14. The highest BCUT2D eigenvalue weighted by Crippen LogP contribution is 2.32. The highest BCUT2D eigenvalue weighted by atomic mass is 35.5. The maximum atomic E-state index is 5.89. The summed E-state index contributed by atoms with van der Waals surface area (Å²) in [6, 6.07) is 7.27. The normalized spacial score (nSPS) is 15.0. The Bertz CT molecular complexity index is 376. The number of anilines is 1. The van der Waals surface area contributed by atoms with Gasteiger partial charge in [-0.05, 0) is 43.0 Å². The molecule has 0 unspecified atom stereocenters. The number of alkyl halides is 1. The van der Waals surface area contributed by atoms with E-state index < -0.39 is 0 Å². The van der Waals surface area contributed by atoms with Crippen LogP contribution in [0.15, 0.2) is 18.2 Å². The van der Waals surface area contributed by atoms with Crippen molar-refractivity contribution in [2.24, 2.45) is 0 Å². The van der Waals surface area contributed by atoms with Gasteiger partial charge in [0.25, 0.3) is 0 Å². The summed E-state index contributed by atoms with van der Waals surface area (Å²) in [6.07, 6.45) is 2.61. The van der Waals surface area contributed by atoms with Crippen LogP contribution >= 0.6 is 11.6 Å². The molecule has 1 aromatic rings. The van der Waals surface area contributed by atoms with E-state index in [9.17, 15) is 0 Å². The lowest BCUT2D eigenvalue weighted by atomic mass is 10.1. The second-order valence-electron chi connectivity index (χ2n) is 4.66. The van der Waals surface area contributed by atoms with E-state index in [0.717, 1.165) is 13.2 Å². The van der Waals surface area contributed by atoms with Gasteiger partial charge in [-0.2, -0.15) is 0 Å². The van der Waals surface area contributed by atoms with Gasteiger partial charge in [0.05, 0.1) is 6.61 Å². The first kappa shape index (κ1) is 12.7. The average molecular weight is 254 g/mol. The molecule has 3 heteroatoms. The van der Waals surface area contributed by atoms with Crippen LogP contribution in [-0.2, 0) is 10.6 Å². The zero-order chi connectivity index (χ0) is 12.3. The Labute approximate surface area is 109 Å². The molecule has 1 aromatic carbocycles. The van der Waals surface area contributed by atoms with Crippen molar-refractivity contribution < 1.29 is 4.74 Å². The van der Waals surface area contributed by atoms with E-state index in [4.69, 9.17) is 16.3 Å². The fourth-order valence-electron chi connectivity index (χ4n) is 2.11. The van der Waals surface area contributed by atoms with Gasteiger partial charge >= 0.3 is 0 Å². The van der Waals surface area contributed by atoms with E-state index in [1.165, 1.54) is 29.7 Å². The van der Waals surface area contributed by atoms with Gasteiger partial charge in [0.15, 0.2) is 0 Å². The van der Waals surface area contributed by atoms with Gasteiger partial charge in [0, 0.05) is 31.3 Å². The second-order valence-corrected chi connectivity index (χ2v) is 4.93. The Kier molecular flexibility index (Phi) is 4.30. The molecule has 2 nitrogen and oxygen atoms in total. The summed E-state index contributed by atoms with van der Waals surface area (Å²) >= 11 is 5.89. The maximum Gasteiger partial charge on any atom is 0.0637 e. The van der Waals surface area contributed by atoms with E-state index in [2.05, 4.69) is 30.0 Å². The minimum absolute atomic E-state index is 0.591. The van der Waals surface area contributed by atoms with Crippen LogP contribution in [0, 0.1) is 6.92 Å². The third-order valence-corrected chi connectivity index (χ3v) is 3.61. The summed E-state index contributed by atoms with van der Waals surface area (Å²) < 4.78 is 5.18. The summed E-state index contributed by atoms with van der Waals surface area (Å²) in [5, 5.41) is 0. The molecule has 94 valence electrons. The predicted molar refractivity (Wildman–Crippen MR) is 73.0 cm³/mol. The summed E-state index contributed by atoms with van der Waals surface area (Å²) in [5.74, 6) is 0.591. The number of benzene rings is 1. The van der Waals surface area contributed by atoms with Crippen molar-refractivity contribution in [2.75, 3.05) is 25.2 Å². The fourth-order valence-corrected chi connectivity index (χ4v) is 2.41. The molecule has 0 atom stereocenters. The van der Waals surface area contributed by atoms with E-state index in [-0.39, 0.29) is 0 Å². The van der Waals surface area contributed by atoms with E-state index in [0.29, 0.717) is 11.9 Å². The standard InChI is InChI=1S/C14H20ClNO/c1-11-9-14(4-3-12(11)10-15)16(7-8-17-2)13-5-6-13/h3-4,9,13H,5-8,10H2,1-2H3. The van der Waals surface area contributed by atoms with Crippen LogP contribution in [0.25, 0.3) is 0 Å². The quantitative estimate of drug-likeness (QED) is 0.721. The van der Waals surface area contributed by atoms with Gasteiger partial charge in [-0.1, -0.05) is 6.07 Å². The molecule has 1 aliphatic rings. The lowest BCUT2D eigenvalue weighted by Crippen LogP contribution is -2.29. The van der Waals surface area contributed by atoms with Crippen molar-refractivity contribution in [3.05, 3.63) is 29.3 Å². The predicted octanol–water partition coefficient (Wildman–Crippen LogP) is 3.35. The number of hydrogen-bond acceptors (Lipinski definition) is 2. The molecular formula is C14H20ClNO. The molecule has 0 saturated heterocycles. The number of halogens is 1. The van der Waals surface area contributed by atoms with Gasteiger partial charge in [-0.25, -0.2) is 0 Å². The van der Waals surface area contributed by atoms with Gasteiger partial charge in [0.2, 0.25) is 0 Å². The highest BCUT2D eigenvalue weighted by Gasteiger charge is 2.29. The fraction of sp³-hybridized carbons (Fsp3) is 0.571. The van der Waals surface area contributed by atoms with E-state index in [1.54, 1.807) is 7.11 Å². The number of aryl methyl sites for hydroxylation is 1. The van der Waals surface area contributed by atoms with Crippen molar-refractivity contribution in [3.8, 4) is 0 Å². The first-order valence-electron chi connectivity index (χ1n) is 6.17. The molecule has 0 aromatic heterocycles. The van der Waals surface area contributed by atoms with Crippen LogP contribution in [0.2, 0.25) is 0 Å². The number of rotatable bonds is 6. The topological polar surface area (TPSA) is 12.5 Å². The highest BCUT2D eigenvalue weighted by molar-refractivity contribution is 6.17. The van der Waals surface area contributed by atoms with E-state index >= 15 is 0 Å². The number of ether oxygens (including phenoxy) is 1. The molecule has 0 heterocycles. The molecule has 1 aliphatic carbocycles. The average Bonchev–Trinajstić information content (AvgIpc) is 3.14. The third kappa shape index (κ3) is 3.14. The van der Waals surface area contributed by atoms with Gasteiger partial charge in [0.1, 0.15) is 0 Å². The number of nitrogens with zero attached hydrogens (tertiary/aromatic N) is 1. The van der Waals surface area contributed by atoms with Crippen LogP contribution in [0.4, 0.5) is 5.69 Å². The summed E-state index contributed by atoms with van der Waals surface area (Å²) in [4.78, 5) is 2.45. The molecule has 1 saturated carbocycles. The summed E-state index contributed by atoms with van der Waals surface area (Å²) in [5.41, 5.74) is 3.80. The van der Waals surface area contributed by atoms with Crippen molar-refractivity contribution in [1.82, 2.24) is 0 Å². The van der Waals surface area contributed by atoms with Crippen molar-refractivity contribution in [2.45, 2.75) is 31.7 Å². The number of hydrogen-bond donors (Lipinski definition) is 0. The van der Waals surface area contributed by atoms with Crippen LogP contribution in [0.5, 0.6) is 0 Å². The smallest absolute Gasteiger partial charge is 0.0637 e. The monoisotopic (exact) mass is 253 g/mol. The minimum Gasteiger partial charge on any atom is -0.383 e. The summed E-state index contributed by atoms with van der Waals surface area (Å²) in [6.45, 7) is 3.89. The van der Waals surface area contributed by atoms with Gasteiger partial charge in [-0.15, -0.1) is 11.6 Å². The Hall–Kier alpha value is -0.730. The van der Waals surface area contributed by atoms with Gasteiger partial charge in [-0.3, -0.25) is 0 Å². The zero-order valence-electron chi connectivity index (χ0n) is 10.6. The van der Waals surface area contributed by atoms with Crippen LogP contribution in [0.3, 0.4) is 0 Å². The SMILES string of the molecule is COCCN(c1ccc(CCl)c(C)c1)C1CC1. The first-order valence-corrected chi connectivity index (χ1v) is 6.70. The molecule has 17 heavy (non-hydrogen) atoms. The maximum absolute atomic E-state index is 5.89. The molecule has 0 bridgehead atoms. The zero-order valence-corrected chi connectivity index (χ0v) is 11.3. The molecule has 1 fully saturated rings. The Morgan fingerprint density at radius 3 is 2.71 bits per heavy atom. The second kappa shape index (κ2) is 5.74. The van der Waals surface area contributed by atoms with Crippen LogP contribution < -0.4 is 4.90 Å². The first-order chi connectivity index (χ1) is 8.26. The minimum atomic E-state index is 0.591. The van der Waals surface area contributed by atoms with E-state index in [1.807, 2.05) is 0 Å². The molecule has 0 aliphatic heterocycles. The third-order valence-electron chi connectivity index (χ3n) is 3.33. The molecule has 0 spiro atoms. The molecule has 0 N–H and O–H groups in total. The Morgan fingerprint density at radius 1 is 1.41 bits per heavy atom. The molecule has 2 rings (SSSR count). The molecule has 0 amide bonds. The Morgan fingerprint density at radius 2 is 2.18 bits per heavy atom. The van der Waals surface area contributed by atoms with Crippen molar-refractivity contribution >= 4 is 17.3 Å². The molecular weight excluding hydrogens is 234 g/mol. The van der Waals surface area contributed by atoms with Crippen LogP contribution in [0.1, 0.15) is 24.0 Å².